The molecule has 234 valence electrons. The Kier molecular flexibility index (Phi) is 18.0. The fraction of sp³-hybridized carbons (Fsp3) is 0.829. The van der Waals surface area contributed by atoms with Crippen molar-refractivity contribution in [1.29, 1.82) is 0 Å². The molecule has 0 amide bonds. The maximum Gasteiger partial charge on any atom is 0.506 e. The number of rotatable bonds is 22. The van der Waals surface area contributed by atoms with Crippen molar-refractivity contribution >= 4 is 8.03 Å². The maximum atomic E-state index is 15.4. The molecule has 1 N–H and O–H groups in total. The molecule has 1 atom stereocenters. The molecule has 0 aliphatic carbocycles. The van der Waals surface area contributed by atoms with Crippen LogP contribution < -0.4 is 9.26 Å². The summed E-state index contributed by atoms with van der Waals surface area (Å²) in [6.07, 6.45) is 23.3. The standard InChI is InChI=1S/C35H65FO3P/c1-9-10-11-12-13-14-15-16-17-18-19-20-21-22-23-24-25-26-27-40(36,37)39-33-31(34(2,3)4)28-30(38-8)29-32(33)35(5,6)7/h28-29,37H,9-27H2,1-8H3/q+1. The van der Waals surface area contributed by atoms with E-state index in [2.05, 4.69) is 48.5 Å². The molecule has 0 saturated carbocycles. The van der Waals surface area contributed by atoms with Gasteiger partial charge >= 0.3 is 8.03 Å². The molecule has 0 fully saturated rings. The van der Waals surface area contributed by atoms with Gasteiger partial charge < -0.3 is 4.74 Å². The van der Waals surface area contributed by atoms with Crippen LogP contribution in [0.5, 0.6) is 11.5 Å². The van der Waals surface area contributed by atoms with Crippen LogP contribution in [0.3, 0.4) is 0 Å². The lowest BCUT2D eigenvalue weighted by molar-refractivity contribution is 0.374. The topological polar surface area (TPSA) is 38.7 Å². The third-order valence-electron chi connectivity index (χ3n) is 7.93. The molecule has 1 aromatic rings. The SMILES string of the molecule is CCCCCCCCCCCCCCCCCCCC[P+](O)(F)Oc1c(C(C)(C)C)cc(OC)cc1C(C)(C)C. The first-order valence-corrected chi connectivity index (χ1v) is 18.3. The lowest BCUT2D eigenvalue weighted by atomic mass is 9.79. The first-order chi connectivity index (χ1) is 18.8. The Morgan fingerprint density at radius 2 is 0.950 bits per heavy atom. The summed E-state index contributed by atoms with van der Waals surface area (Å²) in [6, 6.07) is 3.84. The van der Waals surface area contributed by atoms with Gasteiger partial charge in [-0.05, 0) is 35.8 Å². The first-order valence-electron chi connectivity index (χ1n) is 16.5. The van der Waals surface area contributed by atoms with E-state index in [0.717, 1.165) is 29.7 Å². The van der Waals surface area contributed by atoms with Crippen molar-refractivity contribution in [3.8, 4) is 11.5 Å². The average Bonchev–Trinajstić information content (AvgIpc) is 2.86. The highest BCUT2D eigenvalue weighted by Gasteiger charge is 2.44. The van der Waals surface area contributed by atoms with E-state index >= 15 is 4.20 Å². The Labute approximate surface area is 249 Å². The normalized spacial score (nSPS) is 13.8. The average molecular weight is 584 g/mol. The van der Waals surface area contributed by atoms with Gasteiger partial charge in [-0.15, -0.1) is 0 Å². The Morgan fingerprint density at radius 1 is 0.625 bits per heavy atom. The minimum Gasteiger partial charge on any atom is -0.497 e. The van der Waals surface area contributed by atoms with E-state index in [-0.39, 0.29) is 17.0 Å². The van der Waals surface area contributed by atoms with Crippen LogP contribution in [-0.2, 0) is 10.8 Å². The molecule has 0 heterocycles. The van der Waals surface area contributed by atoms with Crippen LogP contribution in [0, 0.1) is 0 Å². The Balaban J connectivity index is 2.30. The van der Waals surface area contributed by atoms with Crippen molar-refractivity contribution in [2.75, 3.05) is 13.3 Å². The summed E-state index contributed by atoms with van der Waals surface area (Å²) < 4.78 is 26.8. The minimum absolute atomic E-state index is 0.0882. The second-order valence-electron chi connectivity index (χ2n) is 14.0. The number of benzene rings is 1. The molecular formula is C35H65FO3P+. The van der Waals surface area contributed by atoms with Gasteiger partial charge in [0.25, 0.3) is 0 Å². The van der Waals surface area contributed by atoms with Crippen molar-refractivity contribution in [1.82, 2.24) is 0 Å². The van der Waals surface area contributed by atoms with Gasteiger partial charge in [-0.1, -0.05) is 151 Å². The van der Waals surface area contributed by atoms with Gasteiger partial charge in [-0.25, -0.2) is 0 Å². The van der Waals surface area contributed by atoms with Gasteiger partial charge in [0.2, 0.25) is 0 Å². The molecule has 40 heavy (non-hydrogen) atoms. The first kappa shape index (κ1) is 37.2. The van der Waals surface area contributed by atoms with Crippen molar-refractivity contribution < 1.29 is 18.4 Å². The van der Waals surface area contributed by atoms with E-state index in [1.807, 2.05) is 12.1 Å². The van der Waals surface area contributed by atoms with Gasteiger partial charge in [0.15, 0.2) is 11.9 Å². The highest BCUT2D eigenvalue weighted by atomic mass is 31.2. The highest BCUT2D eigenvalue weighted by Crippen LogP contribution is 2.60. The van der Waals surface area contributed by atoms with Crippen LogP contribution >= 0.6 is 8.03 Å². The molecule has 0 radical (unpaired) electrons. The lowest BCUT2D eigenvalue weighted by Crippen LogP contribution is -2.20. The van der Waals surface area contributed by atoms with Crippen LogP contribution in [-0.4, -0.2) is 18.2 Å². The molecule has 3 nitrogen and oxygen atoms in total. The van der Waals surface area contributed by atoms with Crippen LogP contribution in [0.25, 0.3) is 0 Å². The molecule has 0 aromatic heterocycles. The fourth-order valence-electron chi connectivity index (χ4n) is 5.33. The second-order valence-corrected chi connectivity index (χ2v) is 15.9. The molecule has 0 aliphatic rings. The number of ether oxygens (including phenoxy) is 1. The summed E-state index contributed by atoms with van der Waals surface area (Å²) in [5.74, 6) is 1.22. The highest BCUT2D eigenvalue weighted by molar-refractivity contribution is 7.60. The van der Waals surface area contributed by atoms with Crippen LogP contribution in [0.1, 0.15) is 175 Å². The molecule has 1 unspecified atom stereocenters. The third-order valence-corrected chi connectivity index (χ3v) is 9.26. The quantitative estimate of drug-likeness (QED) is 0.109. The largest absolute Gasteiger partial charge is 0.506 e. The predicted molar refractivity (Wildman–Crippen MR) is 175 cm³/mol. The summed E-state index contributed by atoms with van der Waals surface area (Å²) in [5, 5.41) is 0. The van der Waals surface area contributed by atoms with Crippen LogP contribution in [0.15, 0.2) is 12.1 Å². The summed E-state index contributed by atoms with van der Waals surface area (Å²) >= 11 is 0. The minimum atomic E-state index is -4.01. The molecule has 1 rings (SSSR count). The fourth-order valence-corrected chi connectivity index (χ4v) is 6.51. The summed E-state index contributed by atoms with van der Waals surface area (Å²) in [6.45, 7) is 14.7. The molecular weight excluding hydrogens is 518 g/mol. The van der Waals surface area contributed by atoms with Gasteiger partial charge in [0.1, 0.15) is 5.75 Å². The molecule has 0 bridgehead atoms. The van der Waals surface area contributed by atoms with E-state index in [9.17, 15) is 4.89 Å². The Bertz CT molecular complexity index is 760. The van der Waals surface area contributed by atoms with Gasteiger partial charge in [0.05, 0.1) is 7.11 Å². The lowest BCUT2D eigenvalue weighted by Gasteiger charge is -2.29. The molecule has 0 aliphatic heterocycles. The van der Waals surface area contributed by atoms with E-state index in [4.69, 9.17) is 9.26 Å². The number of unbranched alkanes of at least 4 members (excludes halogenated alkanes) is 17. The van der Waals surface area contributed by atoms with Gasteiger partial charge in [-0.2, -0.15) is 4.89 Å². The number of halogens is 1. The molecule has 1 aromatic carbocycles. The summed E-state index contributed by atoms with van der Waals surface area (Å²) in [5.41, 5.74) is 1.17. The number of methoxy groups -OCH3 is 1. The third kappa shape index (κ3) is 16.0. The van der Waals surface area contributed by atoms with Crippen molar-refractivity contribution in [3.63, 3.8) is 0 Å². The maximum absolute atomic E-state index is 15.4. The van der Waals surface area contributed by atoms with Crippen LogP contribution in [0.2, 0.25) is 0 Å². The second kappa shape index (κ2) is 19.4. The Morgan fingerprint density at radius 3 is 1.25 bits per heavy atom. The van der Waals surface area contributed by atoms with Crippen molar-refractivity contribution in [2.45, 2.75) is 175 Å². The zero-order valence-corrected chi connectivity index (χ0v) is 28.6. The van der Waals surface area contributed by atoms with E-state index < -0.39 is 8.03 Å². The zero-order valence-electron chi connectivity index (χ0n) is 27.7. The Hall–Kier alpha value is -0.860. The van der Waals surface area contributed by atoms with Crippen LogP contribution in [0.4, 0.5) is 4.20 Å². The molecule has 0 spiro atoms. The predicted octanol–water partition coefficient (Wildman–Crippen LogP) is 12.4. The molecule has 0 saturated heterocycles. The van der Waals surface area contributed by atoms with Gasteiger partial charge in [0, 0.05) is 15.3 Å². The summed E-state index contributed by atoms with van der Waals surface area (Å²) in [4.78, 5) is 10.7. The molecule has 5 heteroatoms. The van der Waals surface area contributed by atoms with Gasteiger partial charge in [-0.3, -0.25) is 4.52 Å². The van der Waals surface area contributed by atoms with E-state index in [0.29, 0.717) is 12.2 Å². The van der Waals surface area contributed by atoms with Crippen molar-refractivity contribution in [3.05, 3.63) is 23.3 Å². The van der Waals surface area contributed by atoms with E-state index in [1.165, 1.54) is 96.3 Å². The summed E-state index contributed by atoms with van der Waals surface area (Å²) in [7, 11) is -2.37. The number of hydrogen-bond donors (Lipinski definition) is 1. The van der Waals surface area contributed by atoms with Crippen molar-refractivity contribution in [2.24, 2.45) is 0 Å². The monoisotopic (exact) mass is 583 g/mol. The zero-order chi connectivity index (χ0) is 30.1. The van der Waals surface area contributed by atoms with E-state index in [1.54, 1.807) is 7.11 Å². The number of hydrogen-bond acceptors (Lipinski definition) is 3. The smallest absolute Gasteiger partial charge is 0.497 e.